The molecule has 0 amide bonds. The summed E-state index contributed by atoms with van der Waals surface area (Å²) in [6.07, 6.45) is 2.20. The summed E-state index contributed by atoms with van der Waals surface area (Å²) < 4.78 is 25.0. The number of hydrogen-bond acceptors (Lipinski definition) is 3. The minimum absolute atomic E-state index is 0.0311. The minimum Gasteiger partial charge on any atom is -0.249 e. The first-order valence-electron chi connectivity index (χ1n) is 6.43. The van der Waals surface area contributed by atoms with E-state index < -0.39 is 9.05 Å². The summed E-state index contributed by atoms with van der Waals surface area (Å²) in [6, 6.07) is 0.0885. The fraction of sp³-hybridized carbons (Fsp3) is 0.750. The van der Waals surface area contributed by atoms with Crippen LogP contribution in [-0.2, 0) is 15.5 Å². The highest BCUT2D eigenvalue weighted by Gasteiger charge is 2.28. The van der Waals surface area contributed by atoms with E-state index in [2.05, 4.69) is 5.10 Å². The van der Waals surface area contributed by atoms with E-state index in [0.29, 0.717) is 12.1 Å². The molecule has 0 aliphatic carbocycles. The van der Waals surface area contributed by atoms with Gasteiger partial charge in [0.25, 0.3) is 9.05 Å². The average molecular weight is 327 g/mol. The molecule has 4 nitrogen and oxygen atoms in total. The van der Waals surface area contributed by atoms with Crippen LogP contribution in [0.3, 0.4) is 0 Å². The summed E-state index contributed by atoms with van der Waals surface area (Å²) in [4.78, 5) is -0.0311. The molecular weight excluding hydrogens is 307 g/mol. The molecule has 1 rings (SSSR count). The molecule has 0 radical (unpaired) electrons. The maximum Gasteiger partial charge on any atom is 0.266 e. The average Bonchev–Trinajstić information content (AvgIpc) is 2.56. The molecule has 0 unspecified atom stereocenters. The van der Waals surface area contributed by atoms with Crippen LogP contribution >= 0.6 is 22.3 Å². The van der Waals surface area contributed by atoms with Crippen molar-refractivity contribution in [3.05, 3.63) is 10.8 Å². The molecule has 0 N–H and O–H groups in total. The van der Waals surface area contributed by atoms with Crippen molar-refractivity contribution in [3.8, 4) is 0 Å². The van der Waals surface area contributed by atoms with Crippen molar-refractivity contribution in [1.82, 2.24) is 9.78 Å². The van der Waals surface area contributed by atoms with E-state index in [1.807, 2.05) is 27.7 Å². The van der Waals surface area contributed by atoms with E-state index in [9.17, 15) is 8.42 Å². The van der Waals surface area contributed by atoms with Gasteiger partial charge in [-0.1, -0.05) is 39.3 Å². The highest BCUT2D eigenvalue weighted by atomic mass is 35.7. The fourth-order valence-corrected chi connectivity index (χ4v) is 3.98. The lowest BCUT2D eigenvalue weighted by molar-refractivity contribution is 0.424. The molecule has 0 aliphatic heterocycles. The van der Waals surface area contributed by atoms with E-state index in [-0.39, 0.29) is 22.0 Å². The molecule has 0 atom stereocenters. The molecule has 0 saturated carbocycles. The Balaban J connectivity index is 3.43. The summed E-state index contributed by atoms with van der Waals surface area (Å²) in [7, 11) is 1.61. The zero-order chi connectivity index (χ0) is 14.8. The number of hydrogen-bond donors (Lipinski definition) is 0. The van der Waals surface area contributed by atoms with Crippen molar-refractivity contribution < 1.29 is 8.42 Å². The molecule has 1 aromatic heterocycles. The van der Waals surface area contributed by atoms with Gasteiger partial charge in [0.2, 0.25) is 0 Å². The Bertz CT molecular complexity index is 534. The standard InChI is InChI=1S/C12H20Cl2N2O2S/c1-5-9(6-2)16-12(13)11(19(14,17)18)10(15-16)7-8(3)4/h8-9H,5-7H2,1-4H3. The van der Waals surface area contributed by atoms with Gasteiger partial charge in [0.15, 0.2) is 0 Å². The molecule has 0 fully saturated rings. The lowest BCUT2D eigenvalue weighted by atomic mass is 10.1. The summed E-state index contributed by atoms with van der Waals surface area (Å²) in [5.74, 6) is 0.276. The number of halogens is 2. The summed E-state index contributed by atoms with van der Waals surface area (Å²) in [6.45, 7) is 8.02. The van der Waals surface area contributed by atoms with Gasteiger partial charge in [0, 0.05) is 10.7 Å². The second kappa shape index (κ2) is 6.46. The molecule has 0 spiro atoms. The van der Waals surface area contributed by atoms with Crippen LogP contribution in [0, 0.1) is 5.92 Å². The SMILES string of the molecule is CCC(CC)n1nc(CC(C)C)c(S(=O)(=O)Cl)c1Cl. The minimum atomic E-state index is -3.88. The van der Waals surface area contributed by atoms with Crippen molar-refractivity contribution >= 4 is 31.3 Å². The summed E-state index contributed by atoms with van der Waals surface area (Å²) >= 11 is 6.19. The van der Waals surface area contributed by atoms with Gasteiger partial charge in [-0.25, -0.2) is 13.1 Å². The molecule has 0 aromatic carbocycles. The maximum atomic E-state index is 11.7. The van der Waals surface area contributed by atoms with Crippen LogP contribution < -0.4 is 0 Å². The van der Waals surface area contributed by atoms with Crippen LogP contribution in [0.5, 0.6) is 0 Å². The molecule has 7 heteroatoms. The van der Waals surface area contributed by atoms with Gasteiger partial charge in [-0.2, -0.15) is 5.10 Å². The highest BCUT2D eigenvalue weighted by molar-refractivity contribution is 8.13. The summed E-state index contributed by atoms with van der Waals surface area (Å²) in [5.41, 5.74) is 0.460. The Kier molecular flexibility index (Phi) is 5.71. The quantitative estimate of drug-likeness (QED) is 0.742. The molecule has 0 saturated heterocycles. The third-order valence-electron chi connectivity index (χ3n) is 3.01. The second-order valence-corrected chi connectivity index (χ2v) is 7.88. The van der Waals surface area contributed by atoms with Crippen LogP contribution in [0.4, 0.5) is 0 Å². The van der Waals surface area contributed by atoms with Gasteiger partial charge in [-0.15, -0.1) is 0 Å². The lowest BCUT2D eigenvalue weighted by Gasteiger charge is -2.13. The fourth-order valence-electron chi connectivity index (χ4n) is 2.08. The normalized spacial score (nSPS) is 12.6. The second-order valence-electron chi connectivity index (χ2n) is 5.02. The molecule has 1 aromatic rings. The number of nitrogens with zero attached hydrogens (tertiary/aromatic N) is 2. The molecule has 0 aliphatic rings. The van der Waals surface area contributed by atoms with E-state index >= 15 is 0 Å². The maximum absolute atomic E-state index is 11.7. The molecule has 0 bridgehead atoms. The van der Waals surface area contributed by atoms with Gasteiger partial charge in [0.05, 0.1) is 11.7 Å². The Morgan fingerprint density at radius 2 is 1.79 bits per heavy atom. The van der Waals surface area contributed by atoms with Crippen LogP contribution in [0.1, 0.15) is 52.3 Å². The van der Waals surface area contributed by atoms with E-state index in [1.54, 1.807) is 4.68 Å². The Labute approximate surface area is 124 Å². The largest absolute Gasteiger partial charge is 0.266 e. The number of aromatic nitrogens is 2. The van der Waals surface area contributed by atoms with Crippen LogP contribution in [0.25, 0.3) is 0 Å². The smallest absolute Gasteiger partial charge is 0.249 e. The predicted octanol–water partition coefficient (Wildman–Crippen LogP) is 4.02. The lowest BCUT2D eigenvalue weighted by Crippen LogP contribution is -2.09. The van der Waals surface area contributed by atoms with E-state index in [4.69, 9.17) is 22.3 Å². The Hall–Kier alpha value is -0.260. The van der Waals surface area contributed by atoms with Gasteiger partial charge < -0.3 is 0 Å². The predicted molar refractivity (Wildman–Crippen MR) is 78.4 cm³/mol. The number of rotatable bonds is 6. The van der Waals surface area contributed by atoms with E-state index in [0.717, 1.165) is 12.8 Å². The van der Waals surface area contributed by atoms with Crippen molar-refractivity contribution in [1.29, 1.82) is 0 Å². The molecule has 110 valence electrons. The topological polar surface area (TPSA) is 52.0 Å². The molecule has 1 heterocycles. The van der Waals surface area contributed by atoms with Gasteiger partial charge in [0.1, 0.15) is 10.0 Å². The van der Waals surface area contributed by atoms with Gasteiger partial charge >= 0.3 is 0 Å². The molecular formula is C12H20Cl2N2O2S. The van der Waals surface area contributed by atoms with Crippen molar-refractivity contribution in [2.24, 2.45) is 5.92 Å². The van der Waals surface area contributed by atoms with Crippen molar-refractivity contribution in [3.63, 3.8) is 0 Å². The van der Waals surface area contributed by atoms with Crippen LogP contribution in [0.2, 0.25) is 5.15 Å². The van der Waals surface area contributed by atoms with Crippen molar-refractivity contribution in [2.45, 2.75) is 57.9 Å². The first-order valence-corrected chi connectivity index (χ1v) is 9.12. The zero-order valence-corrected chi connectivity index (χ0v) is 14.0. The third-order valence-corrected chi connectivity index (χ3v) is 4.87. The Morgan fingerprint density at radius 1 is 1.26 bits per heavy atom. The Morgan fingerprint density at radius 3 is 2.16 bits per heavy atom. The first kappa shape index (κ1) is 16.8. The molecule has 19 heavy (non-hydrogen) atoms. The highest BCUT2D eigenvalue weighted by Crippen LogP contribution is 2.33. The van der Waals surface area contributed by atoms with E-state index in [1.165, 1.54) is 0 Å². The van der Waals surface area contributed by atoms with Gasteiger partial charge in [-0.3, -0.25) is 0 Å². The monoisotopic (exact) mass is 326 g/mol. The first-order chi connectivity index (χ1) is 8.72. The zero-order valence-electron chi connectivity index (χ0n) is 11.7. The van der Waals surface area contributed by atoms with Crippen molar-refractivity contribution in [2.75, 3.05) is 0 Å². The summed E-state index contributed by atoms with van der Waals surface area (Å²) in [5, 5.41) is 4.50. The van der Waals surface area contributed by atoms with Gasteiger partial charge in [-0.05, 0) is 25.2 Å². The van der Waals surface area contributed by atoms with Crippen LogP contribution in [-0.4, -0.2) is 18.2 Å². The third kappa shape index (κ3) is 3.86. The van der Waals surface area contributed by atoms with Crippen LogP contribution in [0.15, 0.2) is 4.90 Å².